The third-order valence-corrected chi connectivity index (χ3v) is 2.86. The predicted octanol–water partition coefficient (Wildman–Crippen LogP) is 2.82. The van der Waals surface area contributed by atoms with Crippen LogP contribution in [-0.4, -0.2) is 14.6 Å². The summed E-state index contributed by atoms with van der Waals surface area (Å²) in [6.07, 6.45) is 3.10. The number of rotatable bonds is 5. The van der Waals surface area contributed by atoms with E-state index >= 15 is 0 Å². The minimum Gasteiger partial charge on any atom is -0.321 e. The maximum Gasteiger partial charge on any atom is 0.352 e. The molecule has 0 saturated carbocycles. The molecule has 0 aliphatic rings. The van der Waals surface area contributed by atoms with E-state index in [9.17, 15) is 4.57 Å². The first-order valence-electron chi connectivity index (χ1n) is 3.53. The van der Waals surface area contributed by atoms with E-state index in [4.69, 9.17) is 33.0 Å². The lowest BCUT2D eigenvalue weighted by Crippen LogP contribution is -1.91. The Morgan fingerprint density at radius 3 is 2.38 bits per heavy atom. The van der Waals surface area contributed by atoms with Crippen LogP contribution in [0, 0.1) is 0 Å². The summed E-state index contributed by atoms with van der Waals surface area (Å²) in [7, 11) is -4.18. The lowest BCUT2D eigenvalue weighted by molar-refractivity contribution is 0.380. The lowest BCUT2D eigenvalue weighted by Gasteiger charge is -2.08. The van der Waals surface area contributed by atoms with Gasteiger partial charge in [-0.3, -0.25) is 4.57 Å². The van der Waals surface area contributed by atoms with Gasteiger partial charge in [-0.1, -0.05) is 18.7 Å². The zero-order chi connectivity index (χ0) is 10.5. The maximum absolute atomic E-state index is 10.8. The smallest absolute Gasteiger partial charge is 0.321 e. The van der Waals surface area contributed by atoms with Gasteiger partial charge in [0.25, 0.3) is 0 Å². The molecule has 0 spiro atoms. The second kappa shape index (κ2) is 5.84. The van der Waals surface area contributed by atoms with Gasteiger partial charge in [0.2, 0.25) is 0 Å². The molecule has 3 nitrogen and oxygen atoms in total. The van der Waals surface area contributed by atoms with Crippen molar-refractivity contribution in [3.63, 3.8) is 0 Å². The summed E-state index contributed by atoms with van der Waals surface area (Å²) >= 11 is 10.9. The molecule has 0 unspecified atom stereocenters. The first-order valence-corrected chi connectivity index (χ1v) is 6.02. The summed E-state index contributed by atoms with van der Waals surface area (Å²) in [4.78, 5) is 17.0. The summed E-state index contributed by atoms with van der Waals surface area (Å²) in [5.74, 6) is 0. The van der Waals surface area contributed by atoms with Crippen molar-refractivity contribution in [2.24, 2.45) is 0 Å². The van der Waals surface area contributed by atoms with Crippen molar-refractivity contribution in [1.29, 1.82) is 0 Å². The molecule has 2 N–H and O–H groups in total. The molecule has 0 atom stereocenters. The number of hydrogen-bond donors (Lipinski definition) is 2. The minimum atomic E-state index is -4.18. The summed E-state index contributed by atoms with van der Waals surface area (Å²) in [5.41, 5.74) is 0. The Morgan fingerprint density at radius 2 is 2.08 bits per heavy atom. The highest BCUT2D eigenvalue weighted by Gasteiger charge is 2.20. The van der Waals surface area contributed by atoms with Crippen LogP contribution in [0.1, 0.15) is 12.8 Å². The molecule has 0 bridgehead atoms. The monoisotopic (exact) mass is 244 g/mol. The maximum atomic E-state index is 10.8. The van der Waals surface area contributed by atoms with Crippen molar-refractivity contribution in [2.75, 3.05) is 0 Å². The van der Waals surface area contributed by atoms with Gasteiger partial charge >= 0.3 is 7.60 Å². The van der Waals surface area contributed by atoms with Gasteiger partial charge in [0.1, 0.15) is 4.84 Å². The molecule has 0 heterocycles. The van der Waals surface area contributed by atoms with Crippen LogP contribution in [0.25, 0.3) is 0 Å². The van der Waals surface area contributed by atoms with Gasteiger partial charge in [0, 0.05) is 5.31 Å². The average Bonchev–Trinajstić information content (AvgIpc) is 1.95. The van der Waals surface area contributed by atoms with Gasteiger partial charge in [0.05, 0.1) is 0 Å². The Kier molecular flexibility index (Phi) is 5.93. The predicted molar refractivity (Wildman–Crippen MR) is 55.1 cm³/mol. The Balaban J connectivity index is 4.38. The van der Waals surface area contributed by atoms with E-state index < -0.39 is 12.4 Å². The molecular weight excluding hydrogens is 234 g/mol. The fraction of sp³-hybridized carbons (Fsp3) is 0.429. The van der Waals surface area contributed by atoms with Crippen LogP contribution in [0.15, 0.2) is 24.0 Å². The van der Waals surface area contributed by atoms with Gasteiger partial charge < -0.3 is 9.79 Å². The third kappa shape index (κ3) is 6.30. The summed E-state index contributed by atoms with van der Waals surface area (Å²) in [6.45, 7) is 3.36. The van der Waals surface area contributed by atoms with Crippen molar-refractivity contribution >= 4 is 30.8 Å². The number of allylic oxidation sites excluding steroid dienone is 3. The molecule has 0 rings (SSSR count). The quantitative estimate of drug-likeness (QED) is 0.444. The zero-order valence-corrected chi connectivity index (χ0v) is 9.27. The Morgan fingerprint density at radius 1 is 1.54 bits per heavy atom. The molecule has 0 fully saturated rings. The fourth-order valence-electron chi connectivity index (χ4n) is 0.719. The van der Waals surface area contributed by atoms with Crippen molar-refractivity contribution in [2.45, 2.75) is 17.7 Å². The first kappa shape index (κ1) is 13.2. The van der Waals surface area contributed by atoms with E-state index in [2.05, 4.69) is 6.58 Å². The lowest BCUT2D eigenvalue weighted by atomic mass is 10.3. The number of alkyl halides is 2. The molecule has 0 amide bonds. The van der Waals surface area contributed by atoms with Crippen LogP contribution in [0.4, 0.5) is 0 Å². The van der Waals surface area contributed by atoms with Crippen LogP contribution in [0.3, 0.4) is 0 Å². The largest absolute Gasteiger partial charge is 0.352 e. The highest BCUT2D eigenvalue weighted by molar-refractivity contribution is 7.56. The second-order valence-electron chi connectivity index (χ2n) is 2.37. The number of hydrogen-bond acceptors (Lipinski definition) is 1. The van der Waals surface area contributed by atoms with Crippen molar-refractivity contribution < 1.29 is 14.4 Å². The molecule has 6 heteroatoms. The molecule has 0 aromatic heterocycles. The van der Waals surface area contributed by atoms with Crippen LogP contribution < -0.4 is 0 Å². The SMILES string of the molecule is C=CC=C(CCC(Cl)Cl)P(=O)(O)O. The molecule has 0 radical (unpaired) electrons. The third-order valence-electron chi connectivity index (χ3n) is 1.30. The van der Waals surface area contributed by atoms with Crippen LogP contribution in [0.5, 0.6) is 0 Å². The summed E-state index contributed by atoms with van der Waals surface area (Å²) in [5, 5.41) is 0.00815. The molecule has 76 valence electrons. The molecular formula is C7H11Cl2O3P. The van der Waals surface area contributed by atoms with E-state index in [0.717, 1.165) is 0 Å². The fourth-order valence-corrected chi connectivity index (χ4v) is 1.66. The van der Waals surface area contributed by atoms with Crippen molar-refractivity contribution in [3.8, 4) is 0 Å². The van der Waals surface area contributed by atoms with Gasteiger partial charge in [-0.2, -0.15) is 0 Å². The van der Waals surface area contributed by atoms with E-state index in [1.54, 1.807) is 0 Å². The Bertz CT molecular complexity index is 244. The highest BCUT2D eigenvalue weighted by Crippen LogP contribution is 2.47. The molecule has 0 saturated heterocycles. The molecule has 0 aliphatic carbocycles. The first-order chi connectivity index (χ1) is 5.88. The Hall–Kier alpha value is 0.210. The second-order valence-corrected chi connectivity index (χ2v) is 5.31. The van der Waals surface area contributed by atoms with Crippen LogP contribution in [-0.2, 0) is 4.57 Å². The van der Waals surface area contributed by atoms with Gasteiger partial charge in [-0.25, -0.2) is 0 Å². The van der Waals surface area contributed by atoms with Gasteiger partial charge in [0.15, 0.2) is 0 Å². The van der Waals surface area contributed by atoms with Gasteiger partial charge in [-0.05, 0) is 12.8 Å². The van der Waals surface area contributed by atoms with Crippen molar-refractivity contribution in [1.82, 2.24) is 0 Å². The van der Waals surface area contributed by atoms with E-state index in [1.807, 2.05) is 0 Å². The molecule has 13 heavy (non-hydrogen) atoms. The summed E-state index contributed by atoms with van der Waals surface area (Å²) < 4.78 is 10.8. The van der Waals surface area contributed by atoms with E-state index in [0.29, 0.717) is 6.42 Å². The molecule has 0 aromatic rings. The van der Waals surface area contributed by atoms with Crippen molar-refractivity contribution in [3.05, 3.63) is 24.0 Å². The minimum absolute atomic E-state index is 0.00815. The standard InChI is InChI=1S/C7H11Cl2O3P/c1-2-3-6(13(10,11)12)4-5-7(8)9/h2-3,7H,1,4-5H2,(H2,10,11,12). The molecule has 0 aromatic carbocycles. The number of halogens is 2. The van der Waals surface area contributed by atoms with E-state index in [1.165, 1.54) is 12.2 Å². The van der Waals surface area contributed by atoms with Crippen LogP contribution in [0.2, 0.25) is 0 Å². The average molecular weight is 245 g/mol. The normalized spacial score (nSPS) is 13.5. The van der Waals surface area contributed by atoms with E-state index in [-0.39, 0.29) is 11.7 Å². The molecule has 0 aliphatic heterocycles. The van der Waals surface area contributed by atoms with Gasteiger partial charge in [-0.15, -0.1) is 23.2 Å². The van der Waals surface area contributed by atoms with Crippen LogP contribution >= 0.6 is 30.8 Å². The Labute approximate surface area is 87.2 Å². The topological polar surface area (TPSA) is 57.5 Å². The summed E-state index contributed by atoms with van der Waals surface area (Å²) in [6, 6.07) is 0. The zero-order valence-electron chi connectivity index (χ0n) is 6.86. The highest BCUT2D eigenvalue weighted by atomic mass is 35.5.